The van der Waals surface area contributed by atoms with E-state index in [0.29, 0.717) is 29.2 Å². The fraction of sp³-hybridized carbons (Fsp3) is 0.286. The van der Waals surface area contributed by atoms with Crippen molar-refractivity contribution in [2.75, 3.05) is 23.9 Å². The van der Waals surface area contributed by atoms with Gasteiger partial charge in [-0.3, -0.25) is 9.59 Å². The second-order valence-electron chi connectivity index (χ2n) is 6.99. The van der Waals surface area contributed by atoms with E-state index in [2.05, 4.69) is 10.1 Å². The summed E-state index contributed by atoms with van der Waals surface area (Å²) in [5.74, 6) is -1.51. The van der Waals surface area contributed by atoms with Gasteiger partial charge in [0.05, 0.1) is 35.2 Å². The van der Waals surface area contributed by atoms with Crippen LogP contribution in [0.25, 0.3) is 0 Å². The molecule has 2 atom stereocenters. The maximum Gasteiger partial charge on any atom is 0.337 e. The van der Waals surface area contributed by atoms with Crippen LogP contribution in [0.2, 0.25) is 5.02 Å². The van der Waals surface area contributed by atoms with Crippen molar-refractivity contribution in [3.8, 4) is 0 Å². The zero-order valence-corrected chi connectivity index (χ0v) is 16.0. The third-order valence-corrected chi connectivity index (χ3v) is 5.57. The highest BCUT2D eigenvalue weighted by Gasteiger charge is 2.50. The van der Waals surface area contributed by atoms with E-state index in [0.717, 1.165) is 17.7 Å². The molecule has 1 N–H and O–H groups in total. The van der Waals surface area contributed by atoms with Gasteiger partial charge < -0.3 is 15.0 Å². The molecule has 1 saturated carbocycles. The molecular formula is C21H19ClN2O4. The van der Waals surface area contributed by atoms with Crippen molar-refractivity contribution in [2.24, 2.45) is 11.8 Å². The molecule has 0 aromatic heterocycles. The number of nitrogens with one attached hydrogen (secondary N) is 1. The van der Waals surface area contributed by atoms with Crippen molar-refractivity contribution < 1.29 is 19.1 Å². The summed E-state index contributed by atoms with van der Waals surface area (Å²) in [6, 6.07) is 12.4. The highest BCUT2D eigenvalue weighted by molar-refractivity contribution is 6.34. The van der Waals surface area contributed by atoms with E-state index < -0.39 is 11.9 Å². The van der Waals surface area contributed by atoms with Crippen LogP contribution in [0.3, 0.4) is 0 Å². The number of nitrogens with zero attached hydrogens (tertiary/aromatic N) is 1. The minimum atomic E-state index is -0.514. The average Bonchev–Trinajstić information content (AvgIpc) is 3.40. The van der Waals surface area contributed by atoms with Crippen LogP contribution >= 0.6 is 11.6 Å². The number of para-hydroxylation sites is 1. The van der Waals surface area contributed by atoms with Gasteiger partial charge >= 0.3 is 5.97 Å². The third-order valence-electron chi connectivity index (χ3n) is 5.24. The molecule has 6 nitrogen and oxygen atoms in total. The average molecular weight is 399 g/mol. The lowest BCUT2D eigenvalue weighted by atomic mass is 10.2. The summed E-state index contributed by atoms with van der Waals surface area (Å²) in [5.41, 5.74) is 2.72. The summed E-state index contributed by atoms with van der Waals surface area (Å²) in [6.45, 7) is 0.649. The molecule has 1 heterocycles. The van der Waals surface area contributed by atoms with Crippen molar-refractivity contribution in [1.29, 1.82) is 0 Å². The molecule has 1 aliphatic heterocycles. The normalized spacial score (nSPS) is 19.7. The lowest BCUT2D eigenvalue weighted by Crippen LogP contribution is -2.32. The number of ether oxygens (including phenoxy) is 1. The Hall–Kier alpha value is -2.86. The molecular weight excluding hydrogens is 380 g/mol. The summed E-state index contributed by atoms with van der Waals surface area (Å²) < 4.78 is 4.69. The van der Waals surface area contributed by atoms with Crippen molar-refractivity contribution in [3.63, 3.8) is 0 Å². The van der Waals surface area contributed by atoms with E-state index in [1.54, 1.807) is 4.90 Å². The Morgan fingerprint density at radius 2 is 1.93 bits per heavy atom. The Kier molecular flexibility index (Phi) is 4.81. The highest BCUT2D eigenvalue weighted by Crippen LogP contribution is 2.43. The number of hydrogen-bond donors (Lipinski definition) is 1. The van der Waals surface area contributed by atoms with Crippen LogP contribution in [-0.4, -0.2) is 31.4 Å². The SMILES string of the molecule is COC(=O)c1ccc(Cl)c(NC(=O)C2CC2C(=O)N2CCc3ccccc32)c1. The number of hydrogen-bond acceptors (Lipinski definition) is 4. The summed E-state index contributed by atoms with van der Waals surface area (Å²) in [5, 5.41) is 3.05. The van der Waals surface area contributed by atoms with Crippen LogP contribution in [0.4, 0.5) is 11.4 Å². The van der Waals surface area contributed by atoms with E-state index in [1.807, 2.05) is 24.3 Å². The topological polar surface area (TPSA) is 75.7 Å². The second-order valence-corrected chi connectivity index (χ2v) is 7.40. The number of benzene rings is 2. The van der Waals surface area contributed by atoms with E-state index in [9.17, 15) is 14.4 Å². The van der Waals surface area contributed by atoms with Gasteiger partial charge in [-0.2, -0.15) is 0 Å². The smallest absolute Gasteiger partial charge is 0.337 e. The van der Waals surface area contributed by atoms with Gasteiger partial charge in [-0.05, 0) is 42.7 Å². The first-order valence-corrected chi connectivity index (χ1v) is 9.45. The summed E-state index contributed by atoms with van der Waals surface area (Å²) >= 11 is 6.13. The van der Waals surface area contributed by atoms with Gasteiger partial charge in [0.25, 0.3) is 0 Å². The lowest BCUT2D eigenvalue weighted by Gasteiger charge is -2.17. The number of methoxy groups -OCH3 is 1. The van der Waals surface area contributed by atoms with Crippen molar-refractivity contribution in [2.45, 2.75) is 12.8 Å². The van der Waals surface area contributed by atoms with Crippen LogP contribution < -0.4 is 10.2 Å². The Bertz CT molecular complexity index is 975. The molecule has 0 bridgehead atoms. The Labute approximate surface area is 167 Å². The standard InChI is InChI=1S/C21H19ClN2O4/c1-28-21(27)13-6-7-16(22)17(10-13)23-19(25)14-11-15(14)20(26)24-9-8-12-4-2-3-5-18(12)24/h2-7,10,14-15H,8-9,11H2,1H3,(H,23,25). The zero-order valence-electron chi connectivity index (χ0n) is 15.3. The number of esters is 1. The number of fused-ring (bicyclic) bond motifs is 1. The molecule has 4 rings (SSSR count). The molecule has 7 heteroatoms. The zero-order chi connectivity index (χ0) is 19.8. The first-order valence-electron chi connectivity index (χ1n) is 9.07. The maximum atomic E-state index is 12.8. The molecule has 2 unspecified atom stereocenters. The fourth-order valence-corrected chi connectivity index (χ4v) is 3.78. The molecule has 0 spiro atoms. The van der Waals surface area contributed by atoms with E-state index in [4.69, 9.17) is 11.6 Å². The highest BCUT2D eigenvalue weighted by atomic mass is 35.5. The van der Waals surface area contributed by atoms with Crippen molar-refractivity contribution in [3.05, 3.63) is 58.6 Å². The minimum absolute atomic E-state index is 0.0143. The number of anilines is 2. The Morgan fingerprint density at radius 1 is 1.14 bits per heavy atom. The Balaban J connectivity index is 1.43. The lowest BCUT2D eigenvalue weighted by molar-refractivity contribution is -0.123. The van der Waals surface area contributed by atoms with Crippen LogP contribution in [0.15, 0.2) is 42.5 Å². The quantitative estimate of drug-likeness (QED) is 0.802. The van der Waals surface area contributed by atoms with Gasteiger partial charge in [-0.15, -0.1) is 0 Å². The van der Waals surface area contributed by atoms with Crippen LogP contribution in [-0.2, 0) is 20.7 Å². The van der Waals surface area contributed by atoms with Crippen LogP contribution in [0.5, 0.6) is 0 Å². The molecule has 28 heavy (non-hydrogen) atoms. The number of rotatable bonds is 4. The van der Waals surface area contributed by atoms with E-state index in [-0.39, 0.29) is 17.7 Å². The minimum Gasteiger partial charge on any atom is -0.465 e. The Morgan fingerprint density at radius 3 is 2.71 bits per heavy atom. The van der Waals surface area contributed by atoms with Gasteiger partial charge in [0.1, 0.15) is 0 Å². The molecule has 0 saturated heterocycles. The maximum absolute atomic E-state index is 12.8. The molecule has 144 valence electrons. The predicted molar refractivity (Wildman–Crippen MR) is 106 cm³/mol. The molecule has 2 aromatic carbocycles. The largest absolute Gasteiger partial charge is 0.465 e. The first kappa shape index (κ1) is 18.5. The number of carbonyl (C=O) groups excluding carboxylic acids is 3. The first-order chi connectivity index (χ1) is 13.5. The summed E-state index contributed by atoms with van der Waals surface area (Å²) in [6.07, 6.45) is 1.35. The molecule has 0 radical (unpaired) electrons. The van der Waals surface area contributed by atoms with Gasteiger partial charge in [-0.1, -0.05) is 29.8 Å². The monoisotopic (exact) mass is 398 g/mol. The van der Waals surface area contributed by atoms with Crippen molar-refractivity contribution >= 4 is 40.8 Å². The van der Waals surface area contributed by atoms with Gasteiger partial charge in [0.15, 0.2) is 0 Å². The molecule has 2 aromatic rings. The second kappa shape index (κ2) is 7.28. The summed E-state index contributed by atoms with van der Waals surface area (Å²) in [4.78, 5) is 38.9. The molecule has 2 aliphatic rings. The third kappa shape index (κ3) is 3.36. The van der Waals surface area contributed by atoms with Gasteiger partial charge in [0, 0.05) is 12.2 Å². The number of halogens is 1. The van der Waals surface area contributed by atoms with Gasteiger partial charge in [-0.25, -0.2) is 4.79 Å². The molecule has 1 fully saturated rings. The molecule has 2 amide bonds. The number of carbonyl (C=O) groups is 3. The van der Waals surface area contributed by atoms with Crippen LogP contribution in [0, 0.1) is 11.8 Å². The van der Waals surface area contributed by atoms with E-state index in [1.165, 1.54) is 25.3 Å². The van der Waals surface area contributed by atoms with Gasteiger partial charge in [0.2, 0.25) is 11.8 Å². The van der Waals surface area contributed by atoms with E-state index >= 15 is 0 Å². The van der Waals surface area contributed by atoms with Crippen molar-refractivity contribution in [1.82, 2.24) is 0 Å². The molecule has 1 aliphatic carbocycles. The summed E-state index contributed by atoms with van der Waals surface area (Å²) in [7, 11) is 1.28. The predicted octanol–water partition coefficient (Wildman–Crippen LogP) is 3.29. The number of amides is 2. The van der Waals surface area contributed by atoms with Crippen LogP contribution in [0.1, 0.15) is 22.3 Å². The fourth-order valence-electron chi connectivity index (χ4n) is 3.62.